The van der Waals surface area contributed by atoms with Crippen LogP contribution in [0.1, 0.15) is 42.1 Å². The fraction of sp³-hybridized carbons (Fsp3) is 0.400. The molecule has 2 aromatic rings. The molecule has 0 unspecified atom stereocenters. The minimum absolute atomic E-state index is 0.0885. The normalized spacial score (nSPS) is 17.7. The maximum Gasteiger partial charge on any atom is 0.410 e. The molecule has 33 heavy (non-hydrogen) atoms. The topological polar surface area (TPSA) is 91.4 Å². The van der Waals surface area contributed by atoms with E-state index in [2.05, 4.69) is 0 Å². The number of amides is 1. The van der Waals surface area contributed by atoms with E-state index in [0.717, 1.165) is 5.56 Å². The third-order valence-electron chi connectivity index (χ3n) is 5.42. The Kier molecular flexibility index (Phi) is 8.69. The molecule has 1 aliphatic rings. The molecule has 176 valence electrons. The van der Waals surface area contributed by atoms with Crippen molar-refractivity contribution >= 4 is 18.0 Å². The van der Waals surface area contributed by atoms with Crippen LogP contribution >= 0.6 is 0 Å². The second-order valence-electron chi connectivity index (χ2n) is 7.62. The molecular weight excluding hydrogens is 426 g/mol. The zero-order valence-electron chi connectivity index (χ0n) is 18.9. The number of rotatable bonds is 8. The highest BCUT2D eigenvalue weighted by Crippen LogP contribution is 2.26. The van der Waals surface area contributed by atoms with Crippen LogP contribution in [0.3, 0.4) is 0 Å². The number of carbonyl (C=O) groups excluding carboxylic acids is 3. The van der Waals surface area contributed by atoms with E-state index in [1.807, 2.05) is 30.3 Å². The van der Waals surface area contributed by atoms with E-state index in [4.69, 9.17) is 18.9 Å². The lowest BCUT2D eigenvalue weighted by molar-refractivity contribution is -0.146. The minimum atomic E-state index is -0.678. The van der Waals surface area contributed by atoms with Crippen LogP contribution in [0.15, 0.2) is 54.6 Å². The largest absolute Gasteiger partial charge is 0.497 e. The quantitative estimate of drug-likeness (QED) is 0.439. The Bertz CT molecular complexity index is 930. The van der Waals surface area contributed by atoms with E-state index in [1.54, 1.807) is 38.3 Å². The minimum Gasteiger partial charge on any atom is -0.497 e. The smallest absolute Gasteiger partial charge is 0.410 e. The lowest BCUT2D eigenvalue weighted by Crippen LogP contribution is -2.53. The molecule has 2 atom stereocenters. The van der Waals surface area contributed by atoms with Crippen LogP contribution in [-0.2, 0) is 25.6 Å². The summed E-state index contributed by atoms with van der Waals surface area (Å²) in [6.07, 6.45) is -0.177. The fourth-order valence-electron chi connectivity index (χ4n) is 3.75. The van der Waals surface area contributed by atoms with Gasteiger partial charge in [-0.25, -0.2) is 9.59 Å². The van der Waals surface area contributed by atoms with E-state index in [0.29, 0.717) is 30.7 Å². The van der Waals surface area contributed by atoms with E-state index in [-0.39, 0.29) is 19.6 Å². The molecule has 8 heteroatoms. The highest BCUT2D eigenvalue weighted by Gasteiger charge is 2.39. The highest BCUT2D eigenvalue weighted by atomic mass is 16.6. The summed E-state index contributed by atoms with van der Waals surface area (Å²) < 4.78 is 21.4. The summed E-state index contributed by atoms with van der Waals surface area (Å²) in [5, 5.41) is 0. The Hall–Kier alpha value is -3.55. The Labute approximate surface area is 193 Å². The highest BCUT2D eigenvalue weighted by molar-refractivity contribution is 5.89. The van der Waals surface area contributed by atoms with Gasteiger partial charge in [0.05, 0.1) is 31.7 Å². The third-order valence-corrected chi connectivity index (χ3v) is 5.42. The number of benzene rings is 2. The van der Waals surface area contributed by atoms with Crippen molar-refractivity contribution in [1.29, 1.82) is 0 Å². The summed E-state index contributed by atoms with van der Waals surface area (Å²) >= 11 is 0. The van der Waals surface area contributed by atoms with Crippen molar-refractivity contribution in [2.24, 2.45) is 0 Å². The molecule has 1 saturated heterocycles. The van der Waals surface area contributed by atoms with Gasteiger partial charge in [0, 0.05) is 6.54 Å². The molecular formula is C25H29NO7. The van der Waals surface area contributed by atoms with Crippen molar-refractivity contribution in [3.05, 3.63) is 65.7 Å². The number of ether oxygens (including phenoxy) is 4. The predicted octanol–water partition coefficient (Wildman–Crippen LogP) is 3.98. The van der Waals surface area contributed by atoms with Crippen LogP contribution in [-0.4, -0.2) is 55.3 Å². The average Bonchev–Trinajstić information content (AvgIpc) is 2.84. The molecule has 0 aliphatic carbocycles. The Balaban J connectivity index is 1.72. The summed E-state index contributed by atoms with van der Waals surface area (Å²) in [6, 6.07) is 15.2. The van der Waals surface area contributed by atoms with Crippen molar-refractivity contribution < 1.29 is 33.3 Å². The molecule has 1 fully saturated rings. The van der Waals surface area contributed by atoms with E-state index >= 15 is 0 Å². The van der Waals surface area contributed by atoms with Gasteiger partial charge in [0.25, 0.3) is 0 Å². The van der Waals surface area contributed by atoms with Crippen molar-refractivity contribution in [2.75, 3.05) is 20.3 Å². The summed E-state index contributed by atoms with van der Waals surface area (Å²) in [5.74, 6) is -0.372. The van der Waals surface area contributed by atoms with Crippen LogP contribution in [0.25, 0.3) is 0 Å². The molecule has 3 rings (SSSR count). The molecule has 0 saturated carbocycles. The predicted molar refractivity (Wildman–Crippen MR) is 120 cm³/mol. The average molecular weight is 456 g/mol. The van der Waals surface area contributed by atoms with Gasteiger partial charge in [-0.3, -0.25) is 4.79 Å². The van der Waals surface area contributed by atoms with E-state index in [1.165, 1.54) is 4.90 Å². The molecule has 0 radical (unpaired) electrons. The van der Waals surface area contributed by atoms with Gasteiger partial charge in [-0.1, -0.05) is 30.3 Å². The van der Waals surface area contributed by atoms with E-state index in [9.17, 15) is 14.4 Å². The summed E-state index contributed by atoms with van der Waals surface area (Å²) in [6.45, 7) is 2.44. The van der Waals surface area contributed by atoms with Gasteiger partial charge in [-0.2, -0.15) is 0 Å². The number of piperidine rings is 1. The SMILES string of the molecule is CCOC(=O)C[C@@H]1[C@@H](OC(=O)c2ccc(OC)cc2)CCCN1C(=O)OCc1ccccc1. The monoisotopic (exact) mass is 455 g/mol. The van der Waals surface area contributed by atoms with Crippen molar-refractivity contribution in [3.63, 3.8) is 0 Å². The molecule has 1 amide bonds. The number of hydrogen-bond acceptors (Lipinski definition) is 7. The maximum absolute atomic E-state index is 12.9. The van der Waals surface area contributed by atoms with Crippen molar-refractivity contribution in [1.82, 2.24) is 4.90 Å². The Morgan fingerprint density at radius 3 is 2.39 bits per heavy atom. The van der Waals surface area contributed by atoms with Crippen LogP contribution in [0, 0.1) is 0 Å². The number of hydrogen-bond donors (Lipinski definition) is 0. The lowest BCUT2D eigenvalue weighted by Gasteiger charge is -2.39. The molecule has 1 heterocycles. The number of esters is 2. The first-order chi connectivity index (χ1) is 16.0. The van der Waals surface area contributed by atoms with Crippen molar-refractivity contribution in [3.8, 4) is 5.75 Å². The summed E-state index contributed by atoms with van der Waals surface area (Å²) in [5.41, 5.74) is 1.21. The first-order valence-electron chi connectivity index (χ1n) is 11.0. The van der Waals surface area contributed by atoms with Gasteiger partial charge in [0.15, 0.2) is 0 Å². The third kappa shape index (κ3) is 6.71. The van der Waals surface area contributed by atoms with E-state index < -0.39 is 30.2 Å². The van der Waals surface area contributed by atoms with Gasteiger partial charge in [0.1, 0.15) is 18.5 Å². The summed E-state index contributed by atoms with van der Waals surface area (Å²) in [4.78, 5) is 39.4. The van der Waals surface area contributed by atoms with Crippen LogP contribution in [0.5, 0.6) is 5.75 Å². The fourth-order valence-corrected chi connectivity index (χ4v) is 3.75. The second-order valence-corrected chi connectivity index (χ2v) is 7.62. The molecule has 0 bridgehead atoms. The van der Waals surface area contributed by atoms with Crippen LogP contribution in [0.4, 0.5) is 4.79 Å². The van der Waals surface area contributed by atoms with Crippen LogP contribution in [0.2, 0.25) is 0 Å². The Morgan fingerprint density at radius 2 is 1.73 bits per heavy atom. The zero-order chi connectivity index (χ0) is 23.6. The first kappa shape index (κ1) is 24.1. The molecule has 0 N–H and O–H groups in total. The maximum atomic E-state index is 12.9. The van der Waals surface area contributed by atoms with Crippen LogP contribution < -0.4 is 4.74 Å². The van der Waals surface area contributed by atoms with Gasteiger partial charge >= 0.3 is 18.0 Å². The number of methoxy groups -OCH3 is 1. The first-order valence-corrected chi connectivity index (χ1v) is 11.0. The molecule has 8 nitrogen and oxygen atoms in total. The van der Waals surface area contributed by atoms with Gasteiger partial charge < -0.3 is 23.8 Å². The number of carbonyl (C=O) groups is 3. The molecule has 1 aliphatic heterocycles. The second kappa shape index (κ2) is 11.9. The standard InChI is InChI=1S/C25H29NO7/c1-3-31-23(27)16-21-22(33-24(28)19-11-13-20(30-2)14-12-19)10-7-15-26(21)25(29)32-17-18-8-5-4-6-9-18/h4-6,8-9,11-14,21-22H,3,7,10,15-17H2,1-2H3/t21-,22+/m1/s1. The van der Waals surface area contributed by atoms with Gasteiger partial charge in [-0.15, -0.1) is 0 Å². The molecule has 2 aromatic carbocycles. The molecule has 0 aromatic heterocycles. The Morgan fingerprint density at radius 1 is 1.00 bits per heavy atom. The van der Waals surface area contributed by atoms with Crippen molar-refractivity contribution in [2.45, 2.75) is 44.9 Å². The van der Waals surface area contributed by atoms with Gasteiger partial charge in [0.2, 0.25) is 0 Å². The van der Waals surface area contributed by atoms with Gasteiger partial charge in [-0.05, 0) is 49.6 Å². The zero-order valence-corrected chi connectivity index (χ0v) is 18.9. The number of nitrogens with zero attached hydrogens (tertiary/aromatic N) is 1. The molecule has 0 spiro atoms. The summed E-state index contributed by atoms with van der Waals surface area (Å²) in [7, 11) is 1.54. The number of likely N-dealkylation sites (tertiary alicyclic amines) is 1. The lowest BCUT2D eigenvalue weighted by atomic mass is 9.96.